The molecule has 136 valence electrons. The van der Waals surface area contributed by atoms with Gasteiger partial charge in [0.05, 0.1) is 11.2 Å². The van der Waals surface area contributed by atoms with Crippen LogP contribution in [-0.2, 0) is 20.1 Å². The molecule has 0 unspecified atom stereocenters. The third-order valence-corrected chi connectivity index (χ3v) is 4.96. The minimum atomic E-state index is -0.525. The lowest BCUT2D eigenvalue weighted by Crippen LogP contribution is -2.43. The number of halogens is 1. The maximum absolute atomic E-state index is 12.9. The van der Waals surface area contributed by atoms with Crippen LogP contribution in [0.25, 0.3) is 0 Å². The molecule has 2 aromatic rings. The Kier molecular flexibility index (Phi) is 6.20. The topological polar surface area (TPSA) is 106 Å². The van der Waals surface area contributed by atoms with Gasteiger partial charge in [0.15, 0.2) is 0 Å². The van der Waals surface area contributed by atoms with Crippen molar-refractivity contribution in [2.75, 3.05) is 17.2 Å². The van der Waals surface area contributed by atoms with Crippen molar-refractivity contribution in [2.24, 2.45) is 7.05 Å². The molecule has 8 nitrogen and oxygen atoms in total. The summed E-state index contributed by atoms with van der Waals surface area (Å²) in [6, 6.07) is 0. The summed E-state index contributed by atoms with van der Waals surface area (Å²) in [4.78, 5) is 32.1. The van der Waals surface area contributed by atoms with Crippen molar-refractivity contribution in [1.29, 1.82) is 0 Å². The number of aryl methyl sites for hydroxylation is 1. The van der Waals surface area contributed by atoms with Crippen LogP contribution in [0, 0.1) is 6.92 Å². The van der Waals surface area contributed by atoms with Gasteiger partial charge in [-0.15, -0.1) is 11.3 Å². The minimum Gasteiger partial charge on any atom is -0.396 e. The predicted molar refractivity (Wildman–Crippen MR) is 103 cm³/mol. The van der Waals surface area contributed by atoms with Gasteiger partial charge in [-0.2, -0.15) is 0 Å². The number of nitrogens with two attached hydrogens (primary N) is 1. The fourth-order valence-corrected chi connectivity index (χ4v) is 3.42. The molecule has 2 aromatic heterocycles. The molecule has 0 saturated heterocycles. The molecule has 0 aromatic carbocycles. The highest BCUT2D eigenvalue weighted by molar-refractivity contribution is 9.11. The summed E-state index contributed by atoms with van der Waals surface area (Å²) in [7, 11) is 1.50. The molecule has 0 bridgehead atoms. The summed E-state index contributed by atoms with van der Waals surface area (Å²) in [6.07, 6.45) is 2.04. The van der Waals surface area contributed by atoms with E-state index in [2.05, 4.69) is 27.5 Å². The highest BCUT2D eigenvalue weighted by atomic mass is 79.9. The molecular weight excluding hydrogens is 410 g/mol. The Bertz CT molecular complexity index is 902. The van der Waals surface area contributed by atoms with Crippen LogP contribution >= 0.6 is 27.3 Å². The van der Waals surface area contributed by atoms with Crippen molar-refractivity contribution < 1.29 is 5.11 Å². The summed E-state index contributed by atoms with van der Waals surface area (Å²) >= 11 is 4.81. The van der Waals surface area contributed by atoms with Crippen molar-refractivity contribution in [3.05, 3.63) is 48.1 Å². The molecule has 0 aliphatic rings. The largest absolute Gasteiger partial charge is 0.396 e. The van der Waals surface area contributed by atoms with E-state index in [1.54, 1.807) is 11.1 Å². The van der Waals surface area contributed by atoms with Gasteiger partial charge in [-0.1, -0.05) is 6.58 Å². The first kappa shape index (κ1) is 19.4. The molecule has 0 saturated carbocycles. The molecule has 0 amide bonds. The van der Waals surface area contributed by atoms with Gasteiger partial charge in [-0.3, -0.25) is 13.9 Å². The van der Waals surface area contributed by atoms with Crippen molar-refractivity contribution in [3.63, 3.8) is 0 Å². The van der Waals surface area contributed by atoms with Gasteiger partial charge in [0.2, 0.25) is 0 Å². The monoisotopic (exact) mass is 429 g/mol. The lowest BCUT2D eigenvalue weighted by molar-refractivity contribution is 0.277. The first-order valence-corrected chi connectivity index (χ1v) is 9.12. The Hall–Kier alpha value is -1.91. The Labute approximate surface area is 157 Å². The molecule has 0 atom stereocenters. The van der Waals surface area contributed by atoms with E-state index in [4.69, 9.17) is 10.8 Å². The van der Waals surface area contributed by atoms with Gasteiger partial charge < -0.3 is 15.7 Å². The standard InChI is InChI=1S/C15H20BrN5O3S/c1-9-7-18-11(25-9)8-21(10(2)16)12-13(17)19(3)15(24)20(14(12)23)5-4-6-22/h7,22H,2,4-6,8,17H2,1,3H3. The van der Waals surface area contributed by atoms with Crippen molar-refractivity contribution >= 4 is 38.8 Å². The van der Waals surface area contributed by atoms with E-state index in [1.807, 2.05) is 6.92 Å². The maximum Gasteiger partial charge on any atom is 0.332 e. The molecule has 2 rings (SSSR count). The summed E-state index contributed by atoms with van der Waals surface area (Å²) < 4.78 is 2.71. The summed E-state index contributed by atoms with van der Waals surface area (Å²) in [5.74, 6) is 0.0455. The van der Waals surface area contributed by atoms with E-state index in [0.29, 0.717) is 17.6 Å². The summed E-state index contributed by atoms with van der Waals surface area (Å²) in [6.45, 7) is 6.07. The van der Waals surface area contributed by atoms with E-state index in [1.165, 1.54) is 23.0 Å². The van der Waals surface area contributed by atoms with Crippen molar-refractivity contribution in [2.45, 2.75) is 26.4 Å². The first-order valence-electron chi connectivity index (χ1n) is 7.51. The van der Waals surface area contributed by atoms with Gasteiger partial charge in [0, 0.05) is 31.3 Å². The normalized spacial score (nSPS) is 10.9. The highest BCUT2D eigenvalue weighted by Crippen LogP contribution is 2.26. The number of anilines is 2. The van der Waals surface area contributed by atoms with Gasteiger partial charge in [-0.25, -0.2) is 9.78 Å². The SMILES string of the molecule is C=C(Br)N(Cc1ncc(C)s1)c1c(N)n(C)c(=O)n(CCCO)c1=O. The minimum absolute atomic E-state index is 0.0455. The molecule has 10 heteroatoms. The second kappa shape index (κ2) is 7.98. The van der Waals surface area contributed by atoms with Crippen LogP contribution in [0.3, 0.4) is 0 Å². The number of aromatic nitrogens is 3. The molecule has 25 heavy (non-hydrogen) atoms. The van der Waals surface area contributed by atoms with E-state index in [9.17, 15) is 9.59 Å². The first-order chi connectivity index (χ1) is 11.8. The van der Waals surface area contributed by atoms with Crippen LogP contribution in [0.5, 0.6) is 0 Å². The third-order valence-electron chi connectivity index (χ3n) is 3.63. The Balaban J connectivity index is 2.60. The molecule has 0 aliphatic heterocycles. The van der Waals surface area contributed by atoms with Crippen molar-refractivity contribution in [3.8, 4) is 0 Å². The predicted octanol–water partition coefficient (Wildman–Crippen LogP) is 1.15. The molecular formula is C15H20BrN5O3S. The Morgan fingerprint density at radius 1 is 1.52 bits per heavy atom. The van der Waals surface area contributed by atoms with Crippen LogP contribution in [-0.4, -0.2) is 25.8 Å². The second-order valence-electron chi connectivity index (χ2n) is 5.44. The zero-order valence-corrected chi connectivity index (χ0v) is 16.4. The lowest BCUT2D eigenvalue weighted by atomic mass is 10.3. The van der Waals surface area contributed by atoms with E-state index >= 15 is 0 Å². The number of hydrogen-bond donors (Lipinski definition) is 2. The average Bonchev–Trinajstić information content (AvgIpc) is 2.97. The van der Waals surface area contributed by atoms with Crippen LogP contribution in [0.4, 0.5) is 11.5 Å². The fraction of sp³-hybridized carbons (Fsp3) is 0.400. The van der Waals surface area contributed by atoms with Gasteiger partial charge in [0.25, 0.3) is 5.56 Å². The summed E-state index contributed by atoms with van der Waals surface area (Å²) in [5, 5.41) is 9.79. The Morgan fingerprint density at radius 3 is 2.72 bits per heavy atom. The van der Waals surface area contributed by atoms with Gasteiger partial charge in [-0.05, 0) is 29.3 Å². The van der Waals surface area contributed by atoms with Crippen LogP contribution < -0.4 is 21.9 Å². The van der Waals surface area contributed by atoms with E-state index < -0.39 is 11.2 Å². The molecule has 0 aliphatic carbocycles. The van der Waals surface area contributed by atoms with Gasteiger partial charge >= 0.3 is 5.69 Å². The quantitative estimate of drug-likeness (QED) is 0.639. The third kappa shape index (κ3) is 4.02. The molecule has 2 heterocycles. The second-order valence-corrected chi connectivity index (χ2v) is 7.67. The smallest absolute Gasteiger partial charge is 0.332 e. The van der Waals surface area contributed by atoms with E-state index in [0.717, 1.165) is 14.5 Å². The van der Waals surface area contributed by atoms with Crippen LogP contribution in [0.2, 0.25) is 0 Å². The molecule has 0 spiro atoms. The van der Waals surface area contributed by atoms with Gasteiger partial charge in [0.1, 0.15) is 16.5 Å². The number of nitrogens with zero attached hydrogens (tertiary/aromatic N) is 4. The molecule has 0 fully saturated rings. The fourth-order valence-electron chi connectivity index (χ4n) is 2.34. The molecule has 0 radical (unpaired) electrons. The zero-order valence-electron chi connectivity index (χ0n) is 14.0. The number of rotatable bonds is 7. The number of thiazole rings is 1. The zero-order chi connectivity index (χ0) is 18.7. The Morgan fingerprint density at radius 2 is 2.20 bits per heavy atom. The number of aliphatic hydroxyl groups excluding tert-OH is 1. The average molecular weight is 430 g/mol. The van der Waals surface area contributed by atoms with E-state index in [-0.39, 0.29) is 24.7 Å². The van der Waals surface area contributed by atoms with Crippen LogP contribution in [0.1, 0.15) is 16.3 Å². The number of nitrogen functional groups attached to an aromatic ring is 1. The number of aliphatic hydroxyl groups is 1. The maximum atomic E-state index is 12.9. The van der Waals surface area contributed by atoms with Crippen molar-refractivity contribution in [1.82, 2.24) is 14.1 Å². The highest BCUT2D eigenvalue weighted by Gasteiger charge is 2.23. The summed E-state index contributed by atoms with van der Waals surface area (Å²) in [5.41, 5.74) is 5.16. The number of hydrogen-bond acceptors (Lipinski definition) is 7. The molecule has 3 N–H and O–H groups in total. The van der Waals surface area contributed by atoms with Crippen LogP contribution in [0.15, 0.2) is 27.0 Å². The lowest BCUT2D eigenvalue weighted by Gasteiger charge is -2.25.